The highest BCUT2D eigenvalue weighted by molar-refractivity contribution is 7.91. The number of hydrogen-bond donors (Lipinski definition) is 2. The third kappa shape index (κ3) is 5.91. The van der Waals surface area contributed by atoms with Gasteiger partial charge in [0.05, 0.1) is 5.75 Å². The molecule has 118 valence electrons. The lowest BCUT2D eigenvalue weighted by atomic mass is 10.1. The van der Waals surface area contributed by atoms with E-state index in [1.807, 2.05) is 0 Å². The van der Waals surface area contributed by atoms with Crippen molar-refractivity contribution in [2.24, 2.45) is 5.73 Å². The Morgan fingerprint density at radius 1 is 1.48 bits per heavy atom. The predicted molar refractivity (Wildman–Crippen MR) is 83.3 cm³/mol. The third-order valence-electron chi connectivity index (χ3n) is 2.71. The molecule has 0 bridgehead atoms. The quantitative estimate of drug-likeness (QED) is 0.707. The normalized spacial score (nSPS) is 12.9. The highest BCUT2D eigenvalue weighted by Gasteiger charge is 2.25. The smallest absolute Gasteiger partial charge is 0.316 e. The third-order valence-corrected chi connectivity index (χ3v) is 5.00. The van der Waals surface area contributed by atoms with Crippen LogP contribution in [0.15, 0.2) is 24.3 Å². The van der Waals surface area contributed by atoms with Crippen molar-refractivity contribution in [1.29, 1.82) is 0 Å². The van der Waals surface area contributed by atoms with Crippen LogP contribution in [0.5, 0.6) is 0 Å². The van der Waals surface area contributed by atoms with Crippen LogP contribution in [0, 0.1) is 0 Å². The number of carbonyl (C=O) groups excluding carboxylic acids is 1. The average molecular weight is 335 g/mol. The molecule has 0 saturated heterocycles. The first-order chi connectivity index (χ1) is 9.89. The van der Waals surface area contributed by atoms with E-state index in [1.165, 1.54) is 0 Å². The molecule has 1 aromatic carbocycles. The number of primary amides is 1. The zero-order chi connectivity index (χ0) is 15.9. The van der Waals surface area contributed by atoms with E-state index in [1.54, 1.807) is 31.2 Å². The second-order valence-corrected chi connectivity index (χ2v) is 6.97. The molecule has 1 rings (SSSR count). The van der Waals surface area contributed by atoms with E-state index in [2.05, 4.69) is 5.32 Å². The van der Waals surface area contributed by atoms with Gasteiger partial charge < -0.3 is 15.8 Å². The number of hydrogen-bond acceptors (Lipinski definition) is 4. The summed E-state index contributed by atoms with van der Waals surface area (Å²) in [7, 11) is -3.43. The minimum absolute atomic E-state index is 0.0230. The SMILES string of the molecule is CCOC(Cc1cccc(NC(N)=O)c1)S(=O)(=O)CCCl. The number of carbonyl (C=O) groups is 1. The van der Waals surface area contributed by atoms with Gasteiger partial charge in [-0.3, -0.25) is 0 Å². The van der Waals surface area contributed by atoms with Gasteiger partial charge in [0.15, 0.2) is 15.3 Å². The van der Waals surface area contributed by atoms with Crippen LogP contribution < -0.4 is 11.1 Å². The Morgan fingerprint density at radius 2 is 2.19 bits per heavy atom. The Labute approximate surface area is 129 Å². The van der Waals surface area contributed by atoms with Gasteiger partial charge in [0.2, 0.25) is 0 Å². The van der Waals surface area contributed by atoms with E-state index in [4.69, 9.17) is 22.1 Å². The molecule has 6 nitrogen and oxygen atoms in total. The zero-order valence-corrected chi connectivity index (χ0v) is 13.3. The van der Waals surface area contributed by atoms with Gasteiger partial charge in [0, 0.05) is 24.6 Å². The van der Waals surface area contributed by atoms with Crippen LogP contribution in [0.4, 0.5) is 10.5 Å². The van der Waals surface area contributed by atoms with Crippen LogP contribution in [-0.4, -0.2) is 38.1 Å². The maximum Gasteiger partial charge on any atom is 0.316 e. The van der Waals surface area contributed by atoms with Crippen LogP contribution >= 0.6 is 11.6 Å². The van der Waals surface area contributed by atoms with E-state index in [0.29, 0.717) is 5.69 Å². The van der Waals surface area contributed by atoms with Gasteiger partial charge in [-0.25, -0.2) is 13.2 Å². The van der Waals surface area contributed by atoms with E-state index < -0.39 is 21.3 Å². The molecule has 1 atom stereocenters. The second kappa shape index (κ2) is 8.21. The monoisotopic (exact) mass is 334 g/mol. The van der Waals surface area contributed by atoms with Crippen molar-refractivity contribution in [3.63, 3.8) is 0 Å². The van der Waals surface area contributed by atoms with Gasteiger partial charge in [-0.2, -0.15) is 0 Å². The molecule has 8 heteroatoms. The van der Waals surface area contributed by atoms with E-state index in [-0.39, 0.29) is 24.7 Å². The number of alkyl halides is 1. The summed E-state index contributed by atoms with van der Waals surface area (Å²) in [6, 6.07) is 6.11. The summed E-state index contributed by atoms with van der Waals surface area (Å²) < 4.78 is 29.5. The minimum atomic E-state index is -3.43. The van der Waals surface area contributed by atoms with Crippen LogP contribution in [0.1, 0.15) is 12.5 Å². The summed E-state index contributed by atoms with van der Waals surface area (Å²) in [5.41, 5.74) is 5.32. The molecule has 2 amide bonds. The summed E-state index contributed by atoms with van der Waals surface area (Å²) in [6.45, 7) is 2.01. The molecule has 0 fully saturated rings. The number of urea groups is 1. The van der Waals surface area contributed by atoms with Crippen LogP contribution in [0.3, 0.4) is 0 Å². The molecule has 0 heterocycles. The van der Waals surface area contributed by atoms with Gasteiger partial charge in [0.25, 0.3) is 0 Å². The molecule has 0 spiro atoms. The summed E-state index contributed by atoms with van der Waals surface area (Å²) in [5, 5.41) is 2.44. The van der Waals surface area contributed by atoms with Gasteiger partial charge in [-0.05, 0) is 24.6 Å². The summed E-state index contributed by atoms with van der Waals surface area (Å²) in [5.74, 6) is -0.117. The number of benzene rings is 1. The standard InChI is InChI=1S/C13H19ClN2O4S/c1-2-20-12(21(18,19)7-6-14)9-10-4-3-5-11(8-10)16-13(15)17/h3-5,8,12H,2,6-7,9H2,1H3,(H3,15,16,17). The van der Waals surface area contributed by atoms with Crippen molar-refractivity contribution in [3.8, 4) is 0 Å². The molecule has 1 unspecified atom stereocenters. The van der Waals surface area contributed by atoms with E-state index >= 15 is 0 Å². The first-order valence-corrected chi connectivity index (χ1v) is 8.68. The maximum atomic E-state index is 12.1. The van der Waals surface area contributed by atoms with Crippen molar-refractivity contribution in [2.45, 2.75) is 18.8 Å². The average Bonchev–Trinajstić information content (AvgIpc) is 2.37. The number of sulfone groups is 1. The Hall–Kier alpha value is -1.31. The number of nitrogens with two attached hydrogens (primary N) is 1. The molecule has 0 aliphatic heterocycles. The summed E-state index contributed by atoms with van der Waals surface area (Å²) in [6.07, 6.45) is 0.182. The number of halogens is 1. The van der Waals surface area contributed by atoms with Crippen molar-refractivity contribution < 1.29 is 17.9 Å². The molecule has 0 aliphatic carbocycles. The van der Waals surface area contributed by atoms with Gasteiger partial charge in [0.1, 0.15) is 0 Å². The first-order valence-electron chi connectivity index (χ1n) is 6.43. The molecule has 0 radical (unpaired) electrons. The number of ether oxygens (including phenoxy) is 1. The van der Waals surface area contributed by atoms with Crippen molar-refractivity contribution in [2.75, 3.05) is 23.6 Å². The lowest BCUT2D eigenvalue weighted by Crippen LogP contribution is -2.30. The van der Waals surface area contributed by atoms with Crippen LogP contribution in [-0.2, 0) is 21.0 Å². The number of anilines is 1. The second-order valence-electron chi connectivity index (χ2n) is 4.33. The Bertz CT molecular complexity index is 577. The molecular formula is C13H19ClN2O4S. The van der Waals surface area contributed by atoms with Gasteiger partial charge in [-0.15, -0.1) is 11.6 Å². The fourth-order valence-corrected chi connectivity index (χ4v) is 3.74. The minimum Gasteiger partial charge on any atom is -0.362 e. The van der Waals surface area contributed by atoms with Crippen LogP contribution in [0.25, 0.3) is 0 Å². The summed E-state index contributed by atoms with van der Waals surface area (Å²) in [4.78, 5) is 10.8. The van der Waals surface area contributed by atoms with Gasteiger partial charge in [-0.1, -0.05) is 12.1 Å². The number of amides is 2. The highest BCUT2D eigenvalue weighted by Crippen LogP contribution is 2.17. The molecule has 1 aromatic rings. The molecule has 3 N–H and O–H groups in total. The Morgan fingerprint density at radius 3 is 2.76 bits per heavy atom. The van der Waals surface area contributed by atoms with E-state index in [9.17, 15) is 13.2 Å². The Balaban J connectivity index is 2.91. The first kappa shape index (κ1) is 17.7. The molecule has 0 aromatic heterocycles. The molecule has 21 heavy (non-hydrogen) atoms. The molecular weight excluding hydrogens is 316 g/mol. The van der Waals surface area contributed by atoms with Crippen LogP contribution in [0.2, 0.25) is 0 Å². The number of rotatable bonds is 8. The Kier molecular flexibility index (Phi) is 6.94. The zero-order valence-electron chi connectivity index (χ0n) is 11.7. The fourth-order valence-electron chi connectivity index (χ4n) is 1.83. The van der Waals surface area contributed by atoms with Crippen molar-refractivity contribution in [1.82, 2.24) is 0 Å². The maximum absolute atomic E-state index is 12.1. The number of nitrogens with one attached hydrogen (secondary N) is 1. The fraction of sp³-hybridized carbons (Fsp3) is 0.462. The van der Waals surface area contributed by atoms with Crippen molar-refractivity contribution in [3.05, 3.63) is 29.8 Å². The van der Waals surface area contributed by atoms with Crippen molar-refractivity contribution >= 4 is 33.2 Å². The van der Waals surface area contributed by atoms with E-state index in [0.717, 1.165) is 5.56 Å². The molecule has 0 aliphatic rings. The summed E-state index contributed by atoms with van der Waals surface area (Å²) >= 11 is 5.52. The largest absolute Gasteiger partial charge is 0.362 e. The lowest BCUT2D eigenvalue weighted by molar-refractivity contribution is 0.117. The molecule has 0 saturated carbocycles. The topological polar surface area (TPSA) is 98.5 Å². The van der Waals surface area contributed by atoms with Gasteiger partial charge >= 0.3 is 6.03 Å². The lowest BCUT2D eigenvalue weighted by Gasteiger charge is -2.17. The predicted octanol–water partition coefficient (Wildman–Crippen LogP) is 1.74. The highest BCUT2D eigenvalue weighted by atomic mass is 35.5.